The number of carbonyl (C=O) groups excluding carboxylic acids is 1. The maximum Gasteiger partial charge on any atom is 0.226 e. The zero-order valence-electron chi connectivity index (χ0n) is 22.0. The molecule has 5 nitrogen and oxygen atoms in total. The molecular formula is C30H39NO4. The van der Waals surface area contributed by atoms with E-state index in [0.717, 1.165) is 56.4 Å². The molecule has 6 fully saturated rings. The molecule has 188 valence electrons. The number of fused-ring (bicyclic) bond motifs is 2. The van der Waals surface area contributed by atoms with Gasteiger partial charge in [0, 0.05) is 27.7 Å². The third kappa shape index (κ3) is 1.94. The fraction of sp³-hybridized carbons (Fsp3) is 0.767. The second-order valence-electron chi connectivity index (χ2n) is 14.8. The number of nitrogens with zero attached hydrogens (tertiary/aromatic N) is 1. The van der Waals surface area contributed by atoms with Crippen molar-refractivity contribution in [3.63, 3.8) is 0 Å². The van der Waals surface area contributed by atoms with Gasteiger partial charge in [-0.3, -0.25) is 4.79 Å². The van der Waals surface area contributed by atoms with E-state index in [1.165, 1.54) is 11.1 Å². The van der Waals surface area contributed by atoms with Crippen LogP contribution in [0.25, 0.3) is 0 Å². The van der Waals surface area contributed by atoms with Gasteiger partial charge in [-0.05, 0) is 74.8 Å². The summed E-state index contributed by atoms with van der Waals surface area (Å²) >= 11 is 0. The highest BCUT2D eigenvalue weighted by Crippen LogP contribution is 2.87. The Morgan fingerprint density at radius 2 is 1.94 bits per heavy atom. The van der Waals surface area contributed by atoms with Crippen LogP contribution in [0.5, 0.6) is 11.5 Å². The maximum absolute atomic E-state index is 13.7. The molecule has 1 N–H and O–H groups in total. The molecule has 1 amide bonds. The first-order valence-corrected chi connectivity index (χ1v) is 13.8. The summed E-state index contributed by atoms with van der Waals surface area (Å²) in [4.78, 5) is 16.0. The van der Waals surface area contributed by atoms with Crippen molar-refractivity contribution < 1.29 is 19.4 Å². The third-order valence-electron chi connectivity index (χ3n) is 12.7. The molecule has 2 heterocycles. The number of piperidine rings is 1. The van der Waals surface area contributed by atoms with Crippen molar-refractivity contribution in [2.75, 3.05) is 7.11 Å². The number of carbonyl (C=O) groups is 1. The van der Waals surface area contributed by atoms with E-state index in [-0.39, 0.29) is 51.2 Å². The molecule has 1 saturated heterocycles. The first-order valence-electron chi connectivity index (χ1n) is 13.8. The van der Waals surface area contributed by atoms with Crippen LogP contribution >= 0.6 is 0 Å². The average Bonchev–Trinajstić information content (AvgIpc) is 3.68. The molecule has 6 aliphatic carbocycles. The van der Waals surface area contributed by atoms with Crippen molar-refractivity contribution in [1.82, 2.24) is 4.90 Å². The lowest BCUT2D eigenvalue weighted by Crippen LogP contribution is -2.73. The summed E-state index contributed by atoms with van der Waals surface area (Å²) < 4.78 is 12.9. The number of ether oxygens (including phenoxy) is 2. The molecule has 5 heteroatoms. The van der Waals surface area contributed by atoms with E-state index in [9.17, 15) is 9.90 Å². The molecule has 8 aliphatic rings. The monoisotopic (exact) mass is 477 g/mol. The number of aliphatic hydroxyl groups is 1. The van der Waals surface area contributed by atoms with E-state index in [1.807, 2.05) is 0 Å². The number of methoxy groups -OCH3 is 1. The van der Waals surface area contributed by atoms with Gasteiger partial charge < -0.3 is 19.5 Å². The molecule has 0 aromatic heterocycles. The fourth-order valence-corrected chi connectivity index (χ4v) is 10.6. The Hall–Kier alpha value is -1.75. The molecule has 9 rings (SSSR count). The van der Waals surface area contributed by atoms with Crippen molar-refractivity contribution in [3.8, 4) is 11.5 Å². The Morgan fingerprint density at radius 1 is 1.20 bits per heavy atom. The van der Waals surface area contributed by atoms with Crippen molar-refractivity contribution in [3.05, 3.63) is 23.3 Å². The topological polar surface area (TPSA) is 58.8 Å². The van der Waals surface area contributed by atoms with Gasteiger partial charge in [0.1, 0.15) is 6.10 Å². The molecule has 4 bridgehead atoms. The van der Waals surface area contributed by atoms with Gasteiger partial charge in [-0.25, -0.2) is 0 Å². The number of amides is 1. The summed E-state index contributed by atoms with van der Waals surface area (Å²) in [7, 11) is 1.74. The fourth-order valence-electron chi connectivity index (χ4n) is 10.6. The Bertz CT molecular complexity index is 1210. The van der Waals surface area contributed by atoms with E-state index >= 15 is 0 Å². The first-order chi connectivity index (χ1) is 16.4. The summed E-state index contributed by atoms with van der Waals surface area (Å²) in [5, 5.41) is 12.2. The van der Waals surface area contributed by atoms with Crippen LogP contribution in [0.2, 0.25) is 0 Å². The van der Waals surface area contributed by atoms with E-state index < -0.39 is 5.60 Å². The number of likely N-dealkylation sites (tertiary alicyclic amines) is 1. The summed E-state index contributed by atoms with van der Waals surface area (Å²) in [5.74, 6) is 2.56. The Labute approximate surface area is 208 Å². The predicted octanol–water partition coefficient (Wildman–Crippen LogP) is 4.62. The van der Waals surface area contributed by atoms with Gasteiger partial charge in [0.15, 0.2) is 11.5 Å². The van der Waals surface area contributed by atoms with Gasteiger partial charge in [0.25, 0.3) is 0 Å². The highest BCUT2D eigenvalue weighted by Gasteiger charge is 2.92. The third-order valence-corrected chi connectivity index (χ3v) is 12.7. The van der Waals surface area contributed by atoms with Crippen molar-refractivity contribution in [2.45, 2.75) is 108 Å². The van der Waals surface area contributed by atoms with Gasteiger partial charge in [0.05, 0.1) is 24.3 Å². The number of rotatable bonds is 3. The smallest absolute Gasteiger partial charge is 0.226 e. The van der Waals surface area contributed by atoms with E-state index in [4.69, 9.17) is 9.47 Å². The highest BCUT2D eigenvalue weighted by molar-refractivity contribution is 5.87. The number of benzene rings is 1. The molecule has 1 aromatic carbocycles. The SMILES string of the molecule is COc1ccc2c3c1OC1C4(C)CCC5(CC4C(C)(O)C(C)(C)C)[C@@H]4N(C(=O)C6CC6)C4(C2)C[C@]315. The van der Waals surface area contributed by atoms with Crippen LogP contribution in [-0.4, -0.2) is 46.3 Å². The van der Waals surface area contributed by atoms with Crippen LogP contribution < -0.4 is 9.47 Å². The largest absolute Gasteiger partial charge is 0.493 e. The number of hydrogen-bond acceptors (Lipinski definition) is 4. The summed E-state index contributed by atoms with van der Waals surface area (Å²) in [6.45, 7) is 11.0. The Balaban J connectivity index is 1.38. The highest BCUT2D eigenvalue weighted by atomic mass is 16.5. The molecule has 3 spiro atoms. The lowest BCUT2D eigenvalue weighted by Gasteiger charge is -2.69. The van der Waals surface area contributed by atoms with Crippen LogP contribution in [0.15, 0.2) is 12.1 Å². The van der Waals surface area contributed by atoms with Crippen LogP contribution in [0.3, 0.4) is 0 Å². The van der Waals surface area contributed by atoms with E-state index in [2.05, 4.69) is 51.7 Å². The quantitative estimate of drug-likeness (QED) is 0.646. The van der Waals surface area contributed by atoms with E-state index in [1.54, 1.807) is 7.11 Å². The van der Waals surface area contributed by atoms with Gasteiger partial charge in [0.2, 0.25) is 5.91 Å². The lowest BCUT2D eigenvalue weighted by molar-refractivity contribution is -0.246. The standard InChI is InChI=1S/C30H39NO4/c1-25(2,3)27(5,33)19-14-28-12-11-26(19,4)24-30(28)15-29(23(28)31(29)22(32)16-7-8-16)13-17-9-10-18(34-6)21(35-24)20(17)30/h9-10,16,19,23-24,33H,7-8,11-15H2,1-6H3/t19?,23-,24?,26?,27?,28?,29?,30-,31?/m0/s1. The first kappa shape index (κ1) is 21.3. The summed E-state index contributed by atoms with van der Waals surface area (Å²) in [6, 6.07) is 4.61. The average molecular weight is 478 g/mol. The zero-order chi connectivity index (χ0) is 24.6. The zero-order valence-corrected chi connectivity index (χ0v) is 22.0. The minimum absolute atomic E-state index is 0.0178. The van der Waals surface area contributed by atoms with E-state index in [0.29, 0.717) is 5.91 Å². The van der Waals surface area contributed by atoms with Gasteiger partial charge in [-0.15, -0.1) is 0 Å². The van der Waals surface area contributed by atoms with Gasteiger partial charge >= 0.3 is 0 Å². The van der Waals surface area contributed by atoms with Crippen LogP contribution in [0.1, 0.15) is 84.3 Å². The number of hydrogen-bond donors (Lipinski definition) is 1. The van der Waals surface area contributed by atoms with Crippen molar-refractivity contribution >= 4 is 5.91 Å². The normalized spacial score (nSPS) is 47.1. The molecule has 5 saturated carbocycles. The maximum atomic E-state index is 13.7. The molecule has 1 aromatic rings. The minimum Gasteiger partial charge on any atom is -0.493 e. The minimum atomic E-state index is -0.841. The van der Waals surface area contributed by atoms with Gasteiger partial charge in [-0.2, -0.15) is 0 Å². The van der Waals surface area contributed by atoms with Crippen molar-refractivity contribution in [1.29, 1.82) is 0 Å². The summed E-state index contributed by atoms with van der Waals surface area (Å²) in [5.41, 5.74) is 1.37. The Morgan fingerprint density at radius 3 is 2.60 bits per heavy atom. The molecule has 0 radical (unpaired) electrons. The molecule has 8 atom stereocenters. The van der Waals surface area contributed by atoms with Crippen LogP contribution in [0, 0.1) is 28.1 Å². The lowest BCUT2D eigenvalue weighted by atomic mass is 9.35. The molecule has 6 unspecified atom stereocenters. The predicted molar refractivity (Wildman–Crippen MR) is 131 cm³/mol. The molecule has 35 heavy (non-hydrogen) atoms. The van der Waals surface area contributed by atoms with Crippen molar-refractivity contribution in [2.24, 2.45) is 28.1 Å². The molecule has 2 aliphatic heterocycles. The van der Waals surface area contributed by atoms with Crippen LogP contribution in [0.4, 0.5) is 0 Å². The van der Waals surface area contributed by atoms with Crippen LogP contribution in [-0.2, 0) is 16.6 Å². The molecular weight excluding hydrogens is 438 g/mol. The summed E-state index contributed by atoms with van der Waals surface area (Å²) in [6.07, 6.45) is 7.24. The Kier molecular flexibility index (Phi) is 3.39. The van der Waals surface area contributed by atoms with Gasteiger partial charge in [-0.1, -0.05) is 33.8 Å². The second-order valence-corrected chi connectivity index (χ2v) is 14.8. The second kappa shape index (κ2) is 5.56.